The summed E-state index contributed by atoms with van der Waals surface area (Å²) < 4.78 is 25.0. The third-order valence-corrected chi connectivity index (χ3v) is 4.74. The Hall–Kier alpha value is -2.87. The number of halogens is 2. The van der Waals surface area contributed by atoms with E-state index in [0.717, 1.165) is 4.90 Å². The van der Waals surface area contributed by atoms with E-state index in [1.54, 1.807) is 24.3 Å². The van der Waals surface area contributed by atoms with Crippen molar-refractivity contribution in [2.45, 2.75) is 6.54 Å². The lowest BCUT2D eigenvalue weighted by atomic mass is 10.1. The third-order valence-electron chi connectivity index (χ3n) is 4.05. The van der Waals surface area contributed by atoms with E-state index in [1.165, 1.54) is 32.4 Å². The largest absolute Gasteiger partial charge is 0.493 e. The van der Waals surface area contributed by atoms with Gasteiger partial charge in [0.1, 0.15) is 11.5 Å². The van der Waals surface area contributed by atoms with Crippen molar-refractivity contribution < 1.29 is 23.5 Å². The fourth-order valence-electron chi connectivity index (χ4n) is 2.65. The molecule has 1 heterocycles. The second-order valence-corrected chi connectivity index (χ2v) is 6.55. The Labute approximate surface area is 163 Å². The lowest BCUT2D eigenvalue weighted by Gasteiger charge is -2.12. The maximum atomic E-state index is 13.8. The van der Waals surface area contributed by atoms with Gasteiger partial charge in [-0.3, -0.25) is 9.69 Å². The van der Waals surface area contributed by atoms with Gasteiger partial charge >= 0.3 is 6.03 Å². The van der Waals surface area contributed by atoms with Crippen LogP contribution in [0, 0.1) is 5.82 Å². The Kier molecular flexibility index (Phi) is 5.46. The van der Waals surface area contributed by atoms with Crippen molar-refractivity contribution in [1.29, 1.82) is 0 Å². The van der Waals surface area contributed by atoms with Crippen LogP contribution in [0.5, 0.6) is 11.5 Å². The van der Waals surface area contributed by atoms with Crippen LogP contribution < -0.4 is 14.8 Å². The van der Waals surface area contributed by atoms with E-state index in [9.17, 15) is 14.0 Å². The number of hydrogen-bond donors (Lipinski definition) is 1. The van der Waals surface area contributed by atoms with Gasteiger partial charge in [-0.2, -0.15) is 0 Å². The summed E-state index contributed by atoms with van der Waals surface area (Å²) in [6.07, 6.45) is 1.52. The van der Waals surface area contributed by atoms with E-state index in [2.05, 4.69) is 21.2 Å². The molecule has 1 N–H and O–H groups in total. The van der Waals surface area contributed by atoms with Gasteiger partial charge in [0.25, 0.3) is 5.91 Å². The molecule has 0 atom stereocenters. The van der Waals surface area contributed by atoms with Crippen LogP contribution in [-0.2, 0) is 11.3 Å². The molecule has 3 rings (SSSR count). The smallest absolute Gasteiger partial charge is 0.329 e. The van der Waals surface area contributed by atoms with Crippen molar-refractivity contribution >= 4 is 33.9 Å². The van der Waals surface area contributed by atoms with E-state index >= 15 is 0 Å². The highest BCUT2D eigenvalue weighted by atomic mass is 79.9. The van der Waals surface area contributed by atoms with Crippen LogP contribution in [0.15, 0.2) is 46.6 Å². The van der Waals surface area contributed by atoms with Crippen LogP contribution in [0.4, 0.5) is 9.18 Å². The molecule has 0 saturated carbocycles. The van der Waals surface area contributed by atoms with Crippen molar-refractivity contribution in [1.82, 2.24) is 10.2 Å². The quantitative estimate of drug-likeness (QED) is 0.575. The molecule has 0 aromatic heterocycles. The number of amides is 3. The zero-order valence-corrected chi connectivity index (χ0v) is 16.2. The number of methoxy groups -OCH3 is 2. The molecule has 1 aliphatic heterocycles. The SMILES string of the molecule is COc1cc(Br)c(/C=C2/NC(=O)N(Cc3ccccc3F)C2=O)cc1OC. The highest BCUT2D eigenvalue weighted by Gasteiger charge is 2.34. The van der Waals surface area contributed by atoms with Gasteiger partial charge in [-0.15, -0.1) is 0 Å². The number of hydrogen-bond acceptors (Lipinski definition) is 4. The molecule has 0 aliphatic carbocycles. The molecule has 0 bridgehead atoms. The fraction of sp³-hybridized carbons (Fsp3) is 0.158. The Morgan fingerprint density at radius 1 is 1.15 bits per heavy atom. The van der Waals surface area contributed by atoms with Crippen LogP contribution in [-0.4, -0.2) is 31.1 Å². The normalized spacial score (nSPS) is 15.3. The van der Waals surface area contributed by atoms with Gasteiger partial charge in [-0.1, -0.05) is 34.1 Å². The monoisotopic (exact) mass is 434 g/mol. The molecular formula is C19H16BrFN2O4. The van der Waals surface area contributed by atoms with E-state index in [1.807, 2.05) is 0 Å². The number of benzene rings is 2. The van der Waals surface area contributed by atoms with Gasteiger partial charge in [-0.05, 0) is 29.8 Å². The van der Waals surface area contributed by atoms with Crippen LogP contribution >= 0.6 is 15.9 Å². The van der Waals surface area contributed by atoms with Crippen LogP contribution in [0.1, 0.15) is 11.1 Å². The summed E-state index contributed by atoms with van der Waals surface area (Å²) in [4.78, 5) is 25.7. The molecule has 140 valence electrons. The Bertz CT molecular complexity index is 945. The van der Waals surface area contributed by atoms with Crippen molar-refractivity contribution in [3.63, 3.8) is 0 Å². The van der Waals surface area contributed by atoms with Crippen LogP contribution in [0.3, 0.4) is 0 Å². The molecule has 0 spiro atoms. The molecule has 27 heavy (non-hydrogen) atoms. The predicted octanol–water partition coefficient (Wildman–Crippen LogP) is 3.70. The zero-order chi connectivity index (χ0) is 19.6. The first kappa shape index (κ1) is 18.9. The minimum atomic E-state index is -0.605. The number of rotatable bonds is 5. The maximum Gasteiger partial charge on any atom is 0.329 e. The molecule has 6 nitrogen and oxygen atoms in total. The second-order valence-electron chi connectivity index (χ2n) is 5.70. The molecular weight excluding hydrogens is 419 g/mol. The molecule has 8 heteroatoms. The summed E-state index contributed by atoms with van der Waals surface area (Å²) in [5.74, 6) is -0.00914. The molecule has 2 aromatic rings. The minimum Gasteiger partial charge on any atom is -0.493 e. The van der Waals surface area contributed by atoms with Crippen molar-refractivity contribution in [3.8, 4) is 11.5 Å². The van der Waals surface area contributed by atoms with Gasteiger partial charge in [0.05, 0.1) is 20.8 Å². The molecule has 0 unspecified atom stereocenters. The lowest BCUT2D eigenvalue weighted by Crippen LogP contribution is -2.30. The van der Waals surface area contributed by atoms with E-state index in [4.69, 9.17) is 9.47 Å². The van der Waals surface area contributed by atoms with E-state index in [0.29, 0.717) is 21.5 Å². The van der Waals surface area contributed by atoms with E-state index in [-0.39, 0.29) is 17.8 Å². The highest BCUT2D eigenvalue weighted by Crippen LogP contribution is 2.34. The third kappa shape index (κ3) is 3.80. The van der Waals surface area contributed by atoms with E-state index < -0.39 is 17.8 Å². The molecule has 1 fully saturated rings. The maximum absolute atomic E-state index is 13.8. The number of carbonyl (C=O) groups excluding carboxylic acids is 2. The summed E-state index contributed by atoms with van der Waals surface area (Å²) in [5, 5.41) is 2.52. The predicted molar refractivity (Wildman–Crippen MR) is 101 cm³/mol. The van der Waals surface area contributed by atoms with Crippen LogP contribution in [0.2, 0.25) is 0 Å². The minimum absolute atomic E-state index is 0.0873. The molecule has 2 aromatic carbocycles. The van der Waals surface area contributed by atoms with Gasteiger partial charge in [0.2, 0.25) is 0 Å². The molecule has 1 saturated heterocycles. The Morgan fingerprint density at radius 3 is 2.48 bits per heavy atom. The lowest BCUT2D eigenvalue weighted by molar-refractivity contribution is -0.123. The van der Waals surface area contributed by atoms with Gasteiger partial charge in [0.15, 0.2) is 11.5 Å². The fourth-order valence-corrected chi connectivity index (χ4v) is 3.09. The Balaban J connectivity index is 1.90. The van der Waals surface area contributed by atoms with Crippen molar-refractivity contribution in [2.24, 2.45) is 0 Å². The van der Waals surface area contributed by atoms with Crippen molar-refractivity contribution in [3.05, 3.63) is 63.5 Å². The number of imide groups is 1. The standard InChI is InChI=1S/C19H16BrFN2O4/c1-26-16-8-12(13(20)9-17(16)27-2)7-15-18(24)23(19(25)22-15)10-11-5-3-4-6-14(11)21/h3-9H,10H2,1-2H3,(H,22,25)/b15-7+. The highest BCUT2D eigenvalue weighted by molar-refractivity contribution is 9.10. The number of nitrogens with one attached hydrogen (secondary N) is 1. The summed E-state index contributed by atoms with van der Waals surface area (Å²) >= 11 is 3.40. The topological polar surface area (TPSA) is 67.9 Å². The summed E-state index contributed by atoms with van der Waals surface area (Å²) in [6.45, 7) is -0.151. The average molecular weight is 435 g/mol. The second kappa shape index (κ2) is 7.79. The number of nitrogens with zero attached hydrogens (tertiary/aromatic N) is 1. The first-order chi connectivity index (χ1) is 12.9. The van der Waals surface area contributed by atoms with Crippen molar-refractivity contribution in [2.75, 3.05) is 14.2 Å². The van der Waals surface area contributed by atoms with Gasteiger partial charge in [-0.25, -0.2) is 9.18 Å². The number of carbonyl (C=O) groups is 2. The summed E-state index contributed by atoms with van der Waals surface area (Å²) in [7, 11) is 3.02. The number of urea groups is 1. The first-order valence-electron chi connectivity index (χ1n) is 7.94. The summed E-state index contributed by atoms with van der Waals surface area (Å²) in [5.41, 5.74) is 0.961. The molecule has 1 aliphatic rings. The summed E-state index contributed by atoms with van der Waals surface area (Å²) in [6, 6.07) is 8.77. The molecule has 3 amide bonds. The van der Waals surface area contributed by atoms with Gasteiger partial charge in [0, 0.05) is 10.0 Å². The van der Waals surface area contributed by atoms with Crippen LogP contribution in [0.25, 0.3) is 6.08 Å². The molecule has 0 radical (unpaired) electrons. The first-order valence-corrected chi connectivity index (χ1v) is 8.73. The zero-order valence-electron chi connectivity index (χ0n) is 14.6. The van der Waals surface area contributed by atoms with Gasteiger partial charge < -0.3 is 14.8 Å². The number of ether oxygens (including phenoxy) is 2. The average Bonchev–Trinajstić information content (AvgIpc) is 2.92. The Morgan fingerprint density at radius 2 is 1.81 bits per heavy atom.